The molecule has 0 saturated heterocycles. The minimum atomic E-state index is -4.64. The Morgan fingerprint density at radius 1 is 0.750 bits per heavy atom. The smallest absolute Gasteiger partial charge is 0.312 e. The molecule has 0 fully saturated rings. The van der Waals surface area contributed by atoms with Crippen LogP contribution in [0.4, 0.5) is 0 Å². The topological polar surface area (TPSA) is 87.5 Å². The van der Waals surface area contributed by atoms with Crippen LogP contribution in [-0.2, 0) is 4.57 Å². The standard InChI is InChI=1S/3C3H9N.C3H6.H3O4P/c3*1-4(2)3;1-3-2;1-5(2,3)4/h3*1-3H3;3H,1H2,2H3;(H3,1,2,3,4). The SMILES string of the molecule is C=CC.CN(C)C.CN(C)C.CN(C)C.O=P(O)(O)O. The van der Waals surface area contributed by atoms with E-state index in [-0.39, 0.29) is 0 Å². The van der Waals surface area contributed by atoms with Crippen LogP contribution in [0.15, 0.2) is 12.7 Å². The van der Waals surface area contributed by atoms with Gasteiger partial charge in [-0.25, -0.2) is 4.57 Å². The fraction of sp³-hybridized carbons (Fsp3) is 0.833. The molecule has 7 nitrogen and oxygen atoms in total. The molecule has 0 saturated carbocycles. The van der Waals surface area contributed by atoms with Crippen LogP contribution in [0, 0.1) is 0 Å². The summed E-state index contributed by atoms with van der Waals surface area (Å²) in [6, 6.07) is 0. The van der Waals surface area contributed by atoms with E-state index in [0.29, 0.717) is 0 Å². The molecular formula is C12H36N3O4P. The molecule has 128 valence electrons. The fourth-order valence-electron chi connectivity index (χ4n) is 0. The van der Waals surface area contributed by atoms with Crippen molar-refractivity contribution in [3.05, 3.63) is 12.7 Å². The molecule has 0 spiro atoms. The predicted octanol–water partition coefficient (Wildman–Crippen LogP) is 0.797. The van der Waals surface area contributed by atoms with Gasteiger partial charge in [-0.3, -0.25) is 0 Å². The monoisotopic (exact) mass is 317 g/mol. The molecule has 0 heterocycles. The van der Waals surface area contributed by atoms with Crippen molar-refractivity contribution in [3.63, 3.8) is 0 Å². The first-order valence-corrected chi connectivity index (χ1v) is 7.36. The summed E-state index contributed by atoms with van der Waals surface area (Å²) in [7, 11) is 13.4. The number of allylic oxidation sites excluding steroid dienone is 1. The van der Waals surface area contributed by atoms with Gasteiger partial charge in [0.2, 0.25) is 0 Å². The van der Waals surface area contributed by atoms with Crippen molar-refractivity contribution in [2.45, 2.75) is 6.92 Å². The van der Waals surface area contributed by atoms with Crippen LogP contribution in [0.1, 0.15) is 6.92 Å². The van der Waals surface area contributed by atoms with Crippen LogP contribution < -0.4 is 0 Å². The lowest BCUT2D eigenvalue weighted by atomic mass is 10.8. The Kier molecular flexibility index (Phi) is 38.0. The van der Waals surface area contributed by atoms with E-state index in [9.17, 15) is 0 Å². The summed E-state index contributed by atoms with van der Waals surface area (Å²) in [5.74, 6) is 0. The van der Waals surface area contributed by atoms with Crippen molar-refractivity contribution in [1.82, 2.24) is 14.7 Å². The lowest BCUT2D eigenvalue weighted by Crippen LogP contribution is -1.99. The van der Waals surface area contributed by atoms with Crippen LogP contribution in [0.2, 0.25) is 0 Å². The molecule has 8 heteroatoms. The lowest BCUT2D eigenvalue weighted by Gasteiger charge is -1.90. The fourth-order valence-corrected chi connectivity index (χ4v) is 0. The molecule has 0 aromatic carbocycles. The maximum absolute atomic E-state index is 8.88. The number of nitrogens with zero attached hydrogens (tertiary/aromatic N) is 3. The van der Waals surface area contributed by atoms with Gasteiger partial charge in [-0.2, -0.15) is 0 Å². The largest absolute Gasteiger partial charge is 0.466 e. The maximum Gasteiger partial charge on any atom is 0.466 e. The van der Waals surface area contributed by atoms with E-state index in [1.54, 1.807) is 6.08 Å². The second-order valence-electron chi connectivity index (χ2n) is 4.95. The minimum absolute atomic E-state index is 1.75. The highest BCUT2D eigenvalue weighted by Crippen LogP contribution is 2.25. The van der Waals surface area contributed by atoms with Gasteiger partial charge in [-0.05, 0) is 70.4 Å². The third-order valence-electron chi connectivity index (χ3n) is 0. The van der Waals surface area contributed by atoms with Gasteiger partial charge in [0, 0.05) is 0 Å². The second-order valence-corrected chi connectivity index (χ2v) is 5.97. The average molecular weight is 317 g/mol. The summed E-state index contributed by atoms with van der Waals surface area (Å²) in [5, 5.41) is 0. The highest BCUT2D eigenvalue weighted by Gasteiger charge is 2.00. The molecule has 0 aromatic rings. The van der Waals surface area contributed by atoms with E-state index in [4.69, 9.17) is 19.2 Å². The molecule has 0 unspecified atom stereocenters. The zero-order valence-electron chi connectivity index (χ0n) is 14.8. The lowest BCUT2D eigenvalue weighted by molar-refractivity contribution is 0.275. The van der Waals surface area contributed by atoms with Gasteiger partial charge >= 0.3 is 7.82 Å². The third-order valence-corrected chi connectivity index (χ3v) is 0. The van der Waals surface area contributed by atoms with E-state index in [2.05, 4.69) is 6.58 Å². The van der Waals surface area contributed by atoms with E-state index < -0.39 is 7.82 Å². The predicted molar refractivity (Wildman–Crippen MR) is 89.0 cm³/mol. The Bertz CT molecular complexity index is 176. The van der Waals surface area contributed by atoms with Gasteiger partial charge in [-0.15, -0.1) is 6.58 Å². The van der Waals surface area contributed by atoms with Crippen molar-refractivity contribution in [3.8, 4) is 0 Å². The summed E-state index contributed by atoms with van der Waals surface area (Å²) in [6.45, 7) is 5.25. The Hall–Kier alpha value is -0.270. The highest BCUT2D eigenvalue weighted by atomic mass is 31.2. The number of hydrogen-bond acceptors (Lipinski definition) is 4. The van der Waals surface area contributed by atoms with Crippen molar-refractivity contribution < 1.29 is 19.2 Å². The van der Waals surface area contributed by atoms with Crippen LogP contribution >= 0.6 is 7.82 Å². The molecule has 0 rings (SSSR count). The van der Waals surface area contributed by atoms with Gasteiger partial charge in [0.1, 0.15) is 0 Å². The van der Waals surface area contributed by atoms with Crippen molar-refractivity contribution in [2.24, 2.45) is 0 Å². The van der Waals surface area contributed by atoms with Crippen LogP contribution in [0.5, 0.6) is 0 Å². The first-order valence-electron chi connectivity index (χ1n) is 5.79. The van der Waals surface area contributed by atoms with Gasteiger partial charge < -0.3 is 29.4 Å². The number of phosphoric acid groups is 1. The Morgan fingerprint density at radius 3 is 0.750 bits per heavy atom. The summed E-state index contributed by atoms with van der Waals surface area (Å²) in [5.41, 5.74) is 0. The van der Waals surface area contributed by atoms with Gasteiger partial charge in [-0.1, -0.05) is 6.08 Å². The normalized spacial score (nSPS) is 9.00. The molecule has 0 atom stereocenters. The molecule has 0 amide bonds. The van der Waals surface area contributed by atoms with E-state index >= 15 is 0 Å². The van der Waals surface area contributed by atoms with E-state index in [0.717, 1.165) is 0 Å². The van der Waals surface area contributed by atoms with Gasteiger partial charge in [0.05, 0.1) is 0 Å². The third kappa shape index (κ3) is 68100. The first kappa shape index (κ1) is 31.9. The quantitative estimate of drug-likeness (QED) is 0.450. The minimum Gasteiger partial charge on any atom is -0.312 e. The Morgan fingerprint density at radius 2 is 0.750 bits per heavy atom. The maximum atomic E-state index is 8.88. The zero-order valence-corrected chi connectivity index (χ0v) is 15.7. The van der Waals surface area contributed by atoms with E-state index in [1.165, 1.54) is 0 Å². The van der Waals surface area contributed by atoms with Gasteiger partial charge in [0.25, 0.3) is 0 Å². The highest BCUT2D eigenvalue weighted by molar-refractivity contribution is 7.45. The summed E-state index contributed by atoms with van der Waals surface area (Å²) < 4.78 is 8.88. The Labute approximate surface area is 125 Å². The molecule has 0 aliphatic rings. The first-order chi connectivity index (χ1) is 8.61. The molecule has 20 heavy (non-hydrogen) atoms. The van der Waals surface area contributed by atoms with Crippen molar-refractivity contribution in [1.29, 1.82) is 0 Å². The van der Waals surface area contributed by atoms with Crippen LogP contribution in [0.3, 0.4) is 0 Å². The summed E-state index contributed by atoms with van der Waals surface area (Å²) >= 11 is 0. The second kappa shape index (κ2) is 23.8. The molecule has 0 radical (unpaired) electrons. The molecule has 0 bridgehead atoms. The zero-order chi connectivity index (χ0) is 17.9. The Balaban J connectivity index is -0.0000000473. The number of rotatable bonds is 0. The summed E-state index contributed by atoms with van der Waals surface area (Å²) in [4.78, 5) is 27.6. The van der Waals surface area contributed by atoms with Crippen LogP contribution in [-0.4, -0.2) is 92.8 Å². The molecule has 0 aromatic heterocycles. The van der Waals surface area contributed by atoms with E-state index in [1.807, 2.05) is 85.1 Å². The average Bonchev–Trinajstić information content (AvgIpc) is 1.95. The number of hydrogen-bond donors (Lipinski definition) is 3. The molecule has 3 N–H and O–H groups in total. The van der Waals surface area contributed by atoms with Crippen molar-refractivity contribution >= 4 is 7.82 Å². The van der Waals surface area contributed by atoms with Crippen LogP contribution in [0.25, 0.3) is 0 Å². The molecule has 0 aliphatic carbocycles. The van der Waals surface area contributed by atoms with Crippen molar-refractivity contribution in [2.75, 3.05) is 63.4 Å². The molecular weight excluding hydrogens is 281 g/mol. The van der Waals surface area contributed by atoms with Gasteiger partial charge in [0.15, 0.2) is 0 Å². The molecule has 0 aliphatic heterocycles. The summed E-state index contributed by atoms with van der Waals surface area (Å²) in [6.07, 6.45) is 1.75.